The number of aromatic nitrogens is 3. The van der Waals surface area contributed by atoms with Crippen molar-refractivity contribution in [3.63, 3.8) is 0 Å². The molecule has 0 unspecified atom stereocenters. The molecular formula is C16H17N3O2. The lowest BCUT2D eigenvalue weighted by Gasteiger charge is -2.09. The molecule has 2 aromatic heterocycles. The number of nitrogens with zero attached hydrogens (tertiary/aromatic N) is 3. The summed E-state index contributed by atoms with van der Waals surface area (Å²) in [5, 5.41) is 10.1. The van der Waals surface area contributed by atoms with Gasteiger partial charge in [-0.2, -0.15) is 0 Å². The molecule has 0 saturated heterocycles. The van der Waals surface area contributed by atoms with E-state index in [0.29, 0.717) is 5.56 Å². The van der Waals surface area contributed by atoms with Crippen LogP contribution in [0.5, 0.6) is 0 Å². The van der Waals surface area contributed by atoms with Crippen LogP contribution in [0.25, 0.3) is 10.9 Å². The van der Waals surface area contributed by atoms with E-state index in [1.165, 1.54) is 5.69 Å². The minimum Gasteiger partial charge on any atom is -0.478 e. The topological polar surface area (TPSA) is 60.0 Å². The highest BCUT2D eigenvalue weighted by atomic mass is 16.4. The molecule has 1 aromatic carbocycles. The van der Waals surface area contributed by atoms with Crippen molar-refractivity contribution < 1.29 is 9.90 Å². The second kappa shape index (κ2) is 5.09. The second-order valence-electron chi connectivity index (χ2n) is 5.20. The van der Waals surface area contributed by atoms with E-state index in [2.05, 4.69) is 16.5 Å². The first-order valence-electron chi connectivity index (χ1n) is 6.86. The van der Waals surface area contributed by atoms with Gasteiger partial charge in [-0.25, -0.2) is 9.78 Å². The molecule has 0 amide bonds. The fraction of sp³-hybridized carbons (Fsp3) is 0.250. The quantitative estimate of drug-likeness (QED) is 0.801. The number of benzene rings is 1. The molecule has 0 aliphatic heterocycles. The number of aromatic carboxylic acids is 1. The van der Waals surface area contributed by atoms with Gasteiger partial charge in [-0.3, -0.25) is 0 Å². The van der Waals surface area contributed by atoms with Gasteiger partial charge < -0.3 is 14.2 Å². The first kappa shape index (κ1) is 13.4. The number of carbonyl (C=O) groups is 1. The van der Waals surface area contributed by atoms with Crippen molar-refractivity contribution in [2.45, 2.75) is 26.9 Å². The standard InChI is InChI=1S/C16H17N3O2/c1-11-12(2)19(8-7-18-6-5-17-10-18)15-4-3-13(16(20)21)9-14(11)15/h3-6,9-10H,7-8H2,1-2H3,(H,20,21). The van der Waals surface area contributed by atoms with Crippen LogP contribution in [0.1, 0.15) is 21.6 Å². The summed E-state index contributed by atoms with van der Waals surface area (Å²) in [7, 11) is 0. The van der Waals surface area contributed by atoms with Crippen LogP contribution in [0.3, 0.4) is 0 Å². The molecule has 0 bridgehead atoms. The van der Waals surface area contributed by atoms with Gasteiger partial charge in [0.25, 0.3) is 0 Å². The summed E-state index contributed by atoms with van der Waals surface area (Å²) in [5.41, 5.74) is 3.72. The number of hydrogen-bond acceptors (Lipinski definition) is 2. The highest BCUT2D eigenvalue weighted by Crippen LogP contribution is 2.26. The van der Waals surface area contributed by atoms with E-state index in [-0.39, 0.29) is 0 Å². The summed E-state index contributed by atoms with van der Waals surface area (Å²) >= 11 is 0. The zero-order valence-electron chi connectivity index (χ0n) is 12.1. The third-order valence-electron chi connectivity index (χ3n) is 4.03. The molecule has 0 aliphatic carbocycles. The monoisotopic (exact) mass is 283 g/mol. The van der Waals surface area contributed by atoms with Gasteiger partial charge in [0.2, 0.25) is 0 Å². The molecule has 0 fully saturated rings. The molecule has 3 aromatic rings. The lowest BCUT2D eigenvalue weighted by Crippen LogP contribution is -2.07. The van der Waals surface area contributed by atoms with Crippen LogP contribution in [0.4, 0.5) is 0 Å². The normalized spacial score (nSPS) is 11.1. The van der Waals surface area contributed by atoms with Gasteiger partial charge in [0.05, 0.1) is 11.9 Å². The average molecular weight is 283 g/mol. The SMILES string of the molecule is Cc1c(C)n(CCn2ccnc2)c2ccc(C(=O)O)cc12. The Hall–Kier alpha value is -2.56. The van der Waals surface area contributed by atoms with E-state index >= 15 is 0 Å². The molecule has 21 heavy (non-hydrogen) atoms. The summed E-state index contributed by atoms with van der Waals surface area (Å²) in [6, 6.07) is 5.32. The molecule has 3 rings (SSSR count). The number of fused-ring (bicyclic) bond motifs is 1. The van der Waals surface area contributed by atoms with Crippen molar-refractivity contribution in [1.29, 1.82) is 0 Å². The van der Waals surface area contributed by atoms with Crippen molar-refractivity contribution in [2.24, 2.45) is 0 Å². The maximum atomic E-state index is 11.1. The number of carboxylic acid groups (broad SMARTS) is 1. The van der Waals surface area contributed by atoms with Crippen LogP contribution in [-0.4, -0.2) is 25.2 Å². The highest BCUT2D eigenvalue weighted by Gasteiger charge is 2.13. The Labute approximate surface area is 122 Å². The molecule has 5 heteroatoms. The first-order chi connectivity index (χ1) is 10.1. The van der Waals surface area contributed by atoms with Crippen LogP contribution >= 0.6 is 0 Å². The van der Waals surface area contributed by atoms with Gasteiger partial charge in [-0.05, 0) is 37.6 Å². The van der Waals surface area contributed by atoms with Crippen LogP contribution in [0.2, 0.25) is 0 Å². The number of imidazole rings is 1. The largest absolute Gasteiger partial charge is 0.478 e. The van der Waals surface area contributed by atoms with Crippen molar-refractivity contribution in [2.75, 3.05) is 0 Å². The van der Waals surface area contributed by atoms with Crippen LogP contribution < -0.4 is 0 Å². The Kier molecular flexibility index (Phi) is 3.25. The lowest BCUT2D eigenvalue weighted by atomic mass is 10.1. The molecule has 0 saturated carbocycles. The minimum atomic E-state index is -0.889. The highest BCUT2D eigenvalue weighted by molar-refractivity contribution is 5.95. The molecule has 5 nitrogen and oxygen atoms in total. The van der Waals surface area contributed by atoms with Crippen molar-refractivity contribution in [3.05, 3.63) is 53.7 Å². The zero-order valence-corrected chi connectivity index (χ0v) is 12.1. The molecule has 2 heterocycles. The fourth-order valence-electron chi connectivity index (χ4n) is 2.71. The molecule has 0 radical (unpaired) electrons. The average Bonchev–Trinajstić information content (AvgIpc) is 3.06. The van der Waals surface area contributed by atoms with Crippen LogP contribution in [0, 0.1) is 13.8 Å². The number of rotatable bonds is 4. The zero-order chi connectivity index (χ0) is 15.0. The van der Waals surface area contributed by atoms with E-state index in [0.717, 1.165) is 29.6 Å². The summed E-state index contributed by atoms with van der Waals surface area (Å²) in [4.78, 5) is 15.2. The Morgan fingerprint density at radius 1 is 1.29 bits per heavy atom. The number of hydrogen-bond donors (Lipinski definition) is 1. The number of carboxylic acids is 1. The molecule has 0 spiro atoms. The summed E-state index contributed by atoms with van der Waals surface area (Å²) in [6.07, 6.45) is 5.51. The van der Waals surface area contributed by atoms with Gasteiger partial charge >= 0.3 is 5.97 Å². The van der Waals surface area contributed by atoms with Crippen molar-refractivity contribution in [1.82, 2.24) is 14.1 Å². The van der Waals surface area contributed by atoms with Gasteiger partial charge in [0, 0.05) is 42.1 Å². The van der Waals surface area contributed by atoms with Gasteiger partial charge in [0.1, 0.15) is 0 Å². The molecule has 0 aliphatic rings. The maximum Gasteiger partial charge on any atom is 0.335 e. The Balaban J connectivity index is 2.02. The van der Waals surface area contributed by atoms with Gasteiger partial charge in [0.15, 0.2) is 0 Å². The van der Waals surface area contributed by atoms with E-state index in [1.54, 1.807) is 24.7 Å². The number of aryl methyl sites for hydroxylation is 3. The minimum absolute atomic E-state index is 0.331. The maximum absolute atomic E-state index is 11.1. The van der Waals surface area contributed by atoms with E-state index < -0.39 is 5.97 Å². The summed E-state index contributed by atoms with van der Waals surface area (Å²) < 4.78 is 4.27. The van der Waals surface area contributed by atoms with Crippen LogP contribution in [0.15, 0.2) is 36.9 Å². The molecule has 0 atom stereocenters. The van der Waals surface area contributed by atoms with E-state index in [1.807, 2.05) is 23.8 Å². The van der Waals surface area contributed by atoms with Crippen molar-refractivity contribution in [3.8, 4) is 0 Å². The molecule has 1 N–H and O–H groups in total. The molecular weight excluding hydrogens is 266 g/mol. The van der Waals surface area contributed by atoms with Crippen LogP contribution in [-0.2, 0) is 13.1 Å². The molecule has 108 valence electrons. The predicted octanol–water partition coefficient (Wildman–Crippen LogP) is 2.85. The van der Waals surface area contributed by atoms with E-state index in [4.69, 9.17) is 5.11 Å². The van der Waals surface area contributed by atoms with Gasteiger partial charge in [-0.15, -0.1) is 0 Å². The van der Waals surface area contributed by atoms with E-state index in [9.17, 15) is 4.79 Å². The Morgan fingerprint density at radius 2 is 2.10 bits per heavy atom. The predicted molar refractivity (Wildman–Crippen MR) is 80.6 cm³/mol. The van der Waals surface area contributed by atoms with Gasteiger partial charge in [-0.1, -0.05) is 0 Å². The fourth-order valence-corrected chi connectivity index (χ4v) is 2.71. The third kappa shape index (κ3) is 2.31. The summed E-state index contributed by atoms with van der Waals surface area (Å²) in [5.74, 6) is -0.889. The third-order valence-corrected chi connectivity index (χ3v) is 4.03. The lowest BCUT2D eigenvalue weighted by molar-refractivity contribution is 0.0697. The second-order valence-corrected chi connectivity index (χ2v) is 5.20. The van der Waals surface area contributed by atoms with Crippen molar-refractivity contribution >= 4 is 16.9 Å². The Bertz CT molecular complexity index is 801. The smallest absolute Gasteiger partial charge is 0.335 e. The first-order valence-corrected chi connectivity index (χ1v) is 6.86. The summed E-state index contributed by atoms with van der Waals surface area (Å²) in [6.45, 7) is 5.78. The Morgan fingerprint density at radius 3 is 2.76 bits per heavy atom.